The molecule has 1 N–H and O–H groups in total. The lowest BCUT2D eigenvalue weighted by molar-refractivity contribution is 0.814. The zero-order valence-corrected chi connectivity index (χ0v) is 11.8. The van der Waals surface area contributed by atoms with Gasteiger partial charge in [-0.25, -0.2) is 0 Å². The lowest BCUT2D eigenvalue weighted by Gasteiger charge is -2.26. The van der Waals surface area contributed by atoms with Crippen LogP contribution in [0.3, 0.4) is 0 Å². The van der Waals surface area contributed by atoms with E-state index in [9.17, 15) is 10.5 Å². The van der Waals surface area contributed by atoms with E-state index in [0.717, 1.165) is 28.2 Å². The van der Waals surface area contributed by atoms with Gasteiger partial charge in [0.05, 0.1) is 34.9 Å². The standard InChI is InChI=1S/C17H13N4/c1-10-14(8-18)17(15(9-19)11(2)21-10)13-4-3-12-5-6-20-16(12)7-13/h3-7,17,21H,1-2H3. The van der Waals surface area contributed by atoms with Gasteiger partial charge >= 0.3 is 0 Å². The third kappa shape index (κ3) is 1.98. The topological polar surface area (TPSA) is 73.7 Å². The molecule has 1 radical (unpaired) electrons. The average molecular weight is 273 g/mol. The minimum absolute atomic E-state index is 0.317. The minimum Gasteiger partial charge on any atom is -0.361 e. The first kappa shape index (κ1) is 13.0. The smallest absolute Gasteiger partial charge is 0.0975 e. The number of benzene rings is 1. The van der Waals surface area contributed by atoms with Gasteiger partial charge in [0.15, 0.2) is 0 Å². The molecule has 21 heavy (non-hydrogen) atoms. The maximum atomic E-state index is 9.47. The number of allylic oxidation sites excluding steroid dienone is 4. The molecule has 0 atom stereocenters. The maximum Gasteiger partial charge on any atom is 0.0975 e. The molecular formula is C17H13N4. The average Bonchev–Trinajstić information content (AvgIpc) is 2.93. The molecular weight excluding hydrogens is 260 g/mol. The largest absolute Gasteiger partial charge is 0.361 e. The fourth-order valence-corrected chi connectivity index (χ4v) is 2.81. The number of rotatable bonds is 1. The van der Waals surface area contributed by atoms with Crippen LogP contribution in [0, 0.1) is 22.7 Å². The van der Waals surface area contributed by atoms with E-state index in [1.54, 1.807) is 6.20 Å². The molecule has 0 fully saturated rings. The van der Waals surface area contributed by atoms with Gasteiger partial charge in [-0.15, -0.1) is 0 Å². The van der Waals surface area contributed by atoms with Crippen molar-refractivity contribution in [1.29, 1.82) is 10.5 Å². The molecule has 3 rings (SSSR count). The molecule has 2 aliphatic rings. The summed E-state index contributed by atoms with van der Waals surface area (Å²) >= 11 is 0. The normalized spacial score (nSPS) is 17.0. The van der Waals surface area contributed by atoms with Crippen LogP contribution in [-0.2, 0) is 0 Å². The first-order valence-electron chi connectivity index (χ1n) is 6.66. The van der Waals surface area contributed by atoms with Crippen LogP contribution in [0.25, 0.3) is 6.08 Å². The fourth-order valence-electron chi connectivity index (χ4n) is 2.81. The van der Waals surface area contributed by atoms with Crippen LogP contribution < -0.4 is 10.6 Å². The second-order valence-electron chi connectivity index (χ2n) is 5.12. The molecule has 1 aromatic rings. The number of nitriles is 2. The predicted octanol–water partition coefficient (Wildman–Crippen LogP) is 3.19. The zero-order valence-electron chi connectivity index (χ0n) is 11.8. The van der Waals surface area contributed by atoms with Crippen LogP contribution in [0.2, 0.25) is 0 Å². The van der Waals surface area contributed by atoms with Crippen molar-refractivity contribution in [2.75, 3.05) is 0 Å². The van der Waals surface area contributed by atoms with Gasteiger partial charge in [-0.1, -0.05) is 12.1 Å². The van der Waals surface area contributed by atoms with E-state index in [-0.39, 0.29) is 5.92 Å². The van der Waals surface area contributed by atoms with Crippen molar-refractivity contribution in [3.8, 4) is 12.1 Å². The van der Waals surface area contributed by atoms with Gasteiger partial charge in [-0.05, 0) is 31.6 Å². The van der Waals surface area contributed by atoms with Gasteiger partial charge in [-0.3, -0.25) is 5.32 Å². The van der Waals surface area contributed by atoms with E-state index in [2.05, 4.69) is 22.8 Å². The number of hydrogen-bond donors (Lipinski definition) is 1. The summed E-state index contributed by atoms with van der Waals surface area (Å²) < 4.78 is 0. The van der Waals surface area contributed by atoms with Crippen molar-refractivity contribution in [2.24, 2.45) is 0 Å². The Hall–Kier alpha value is -2.98. The lowest BCUT2D eigenvalue weighted by atomic mass is 9.81. The van der Waals surface area contributed by atoms with E-state index in [0.29, 0.717) is 11.1 Å². The molecule has 101 valence electrons. The highest BCUT2D eigenvalue weighted by Crippen LogP contribution is 2.39. The molecule has 1 aromatic carbocycles. The molecule has 0 saturated heterocycles. The Morgan fingerprint density at radius 1 is 1.10 bits per heavy atom. The monoisotopic (exact) mass is 273 g/mol. The third-order valence-electron chi connectivity index (χ3n) is 3.86. The van der Waals surface area contributed by atoms with Crippen LogP contribution in [0.4, 0.5) is 5.69 Å². The van der Waals surface area contributed by atoms with E-state index in [1.807, 2.05) is 38.1 Å². The Kier molecular flexibility index (Phi) is 3.01. The molecule has 2 heterocycles. The Labute approximate surface area is 123 Å². The quantitative estimate of drug-likeness (QED) is 0.853. The van der Waals surface area contributed by atoms with Crippen molar-refractivity contribution < 1.29 is 0 Å². The highest BCUT2D eigenvalue weighted by molar-refractivity contribution is 5.71. The van der Waals surface area contributed by atoms with E-state index in [1.165, 1.54) is 0 Å². The van der Waals surface area contributed by atoms with E-state index >= 15 is 0 Å². The number of nitrogens with one attached hydrogen (secondary N) is 1. The van der Waals surface area contributed by atoms with Crippen molar-refractivity contribution in [1.82, 2.24) is 10.6 Å². The van der Waals surface area contributed by atoms with E-state index < -0.39 is 0 Å². The summed E-state index contributed by atoms with van der Waals surface area (Å²) in [6.45, 7) is 3.73. The Bertz CT molecular complexity index is 761. The molecule has 0 unspecified atom stereocenters. The van der Waals surface area contributed by atoms with Crippen molar-refractivity contribution >= 4 is 11.8 Å². The van der Waals surface area contributed by atoms with Crippen molar-refractivity contribution in [3.05, 3.63) is 58.1 Å². The second kappa shape index (κ2) is 4.85. The summed E-state index contributed by atoms with van der Waals surface area (Å²) in [6, 6.07) is 10.4. The first-order chi connectivity index (χ1) is 10.2. The van der Waals surface area contributed by atoms with Gasteiger partial charge < -0.3 is 5.32 Å². The van der Waals surface area contributed by atoms with Crippen molar-refractivity contribution in [2.45, 2.75) is 19.8 Å². The highest BCUT2D eigenvalue weighted by atomic mass is 14.9. The highest BCUT2D eigenvalue weighted by Gasteiger charge is 2.29. The zero-order chi connectivity index (χ0) is 15.0. The number of fused-ring (bicyclic) bond motifs is 1. The Morgan fingerprint density at radius 3 is 2.38 bits per heavy atom. The van der Waals surface area contributed by atoms with E-state index in [4.69, 9.17) is 0 Å². The molecule has 0 aromatic heterocycles. The predicted molar refractivity (Wildman–Crippen MR) is 79.8 cm³/mol. The Morgan fingerprint density at radius 2 is 1.76 bits per heavy atom. The van der Waals surface area contributed by atoms with Crippen LogP contribution in [0.15, 0.2) is 46.9 Å². The van der Waals surface area contributed by atoms with Crippen LogP contribution in [0.5, 0.6) is 0 Å². The third-order valence-corrected chi connectivity index (χ3v) is 3.86. The summed E-state index contributed by atoms with van der Waals surface area (Å²) in [4.78, 5) is 0. The fraction of sp³-hybridized carbons (Fsp3) is 0.176. The van der Waals surface area contributed by atoms with Gasteiger partial charge in [0.2, 0.25) is 0 Å². The Balaban J connectivity index is 2.16. The molecule has 0 spiro atoms. The summed E-state index contributed by atoms with van der Waals surface area (Å²) in [5.74, 6) is -0.317. The first-order valence-corrected chi connectivity index (χ1v) is 6.66. The van der Waals surface area contributed by atoms with Gasteiger partial charge in [-0.2, -0.15) is 10.5 Å². The summed E-state index contributed by atoms with van der Waals surface area (Å²) in [7, 11) is 0. The SMILES string of the molecule is CC1=C(C#N)C(c2ccc3c(c2)[N]C=C3)C(C#N)=C(C)N1. The number of hydrogen-bond acceptors (Lipinski definition) is 3. The number of nitrogens with zero attached hydrogens (tertiary/aromatic N) is 3. The number of dihydropyridines is 1. The molecule has 4 heteroatoms. The van der Waals surface area contributed by atoms with Gasteiger partial charge in [0, 0.05) is 23.2 Å². The lowest BCUT2D eigenvalue weighted by Crippen LogP contribution is -2.23. The van der Waals surface area contributed by atoms with Crippen molar-refractivity contribution in [3.63, 3.8) is 0 Å². The van der Waals surface area contributed by atoms with Crippen LogP contribution >= 0.6 is 0 Å². The maximum absolute atomic E-state index is 9.47. The molecule has 4 nitrogen and oxygen atoms in total. The summed E-state index contributed by atoms with van der Waals surface area (Å²) in [5.41, 5.74) is 5.65. The summed E-state index contributed by atoms with van der Waals surface area (Å²) in [5, 5.41) is 26.4. The summed E-state index contributed by atoms with van der Waals surface area (Å²) in [6.07, 6.45) is 3.70. The van der Waals surface area contributed by atoms with Gasteiger partial charge in [0.25, 0.3) is 0 Å². The molecule has 2 aliphatic heterocycles. The molecule has 0 amide bonds. The second-order valence-corrected chi connectivity index (χ2v) is 5.12. The molecule has 0 saturated carbocycles. The van der Waals surface area contributed by atoms with Crippen LogP contribution in [0.1, 0.15) is 30.9 Å². The van der Waals surface area contributed by atoms with Gasteiger partial charge in [0.1, 0.15) is 0 Å². The molecule has 0 bridgehead atoms. The molecule has 0 aliphatic carbocycles. The van der Waals surface area contributed by atoms with Crippen LogP contribution in [-0.4, -0.2) is 0 Å². The minimum atomic E-state index is -0.317.